The van der Waals surface area contributed by atoms with Crippen LogP contribution in [0.15, 0.2) is 36.5 Å². The fourth-order valence-corrected chi connectivity index (χ4v) is 3.06. The number of morpholine rings is 1. The zero-order chi connectivity index (χ0) is 15.5. The largest absolute Gasteiger partial charge is 0.379 e. The molecule has 118 valence electrons. The first kappa shape index (κ1) is 15.3. The van der Waals surface area contributed by atoms with Gasteiger partial charge in [-0.1, -0.05) is 24.3 Å². The summed E-state index contributed by atoms with van der Waals surface area (Å²) in [6.45, 7) is 10.3. The SMILES string of the molecule is CC(C)n1nccc1-c1ccc([C@H](C)N2CCOCC2)cc1. The Hall–Kier alpha value is -1.65. The van der Waals surface area contributed by atoms with Crippen molar-refractivity contribution in [3.05, 3.63) is 42.1 Å². The first-order valence-corrected chi connectivity index (χ1v) is 8.12. The van der Waals surface area contributed by atoms with Crippen molar-refractivity contribution >= 4 is 0 Å². The number of hydrogen-bond donors (Lipinski definition) is 0. The second-order valence-electron chi connectivity index (χ2n) is 6.20. The van der Waals surface area contributed by atoms with Gasteiger partial charge in [-0.05, 0) is 38.0 Å². The van der Waals surface area contributed by atoms with Crippen molar-refractivity contribution in [1.29, 1.82) is 0 Å². The summed E-state index contributed by atoms with van der Waals surface area (Å²) in [6.07, 6.45) is 1.87. The number of ether oxygens (including phenoxy) is 1. The fraction of sp³-hybridized carbons (Fsp3) is 0.500. The third-order valence-corrected chi connectivity index (χ3v) is 4.44. The zero-order valence-corrected chi connectivity index (χ0v) is 13.7. The smallest absolute Gasteiger partial charge is 0.0685 e. The van der Waals surface area contributed by atoms with Crippen LogP contribution in [0.2, 0.25) is 0 Å². The van der Waals surface area contributed by atoms with Gasteiger partial charge in [0.2, 0.25) is 0 Å². The minimum atomic E-state index is 0.372. The molecule has 0 aliphatic carbocycles. The van der Waals surface area contributed by atoms with E-state index in [2.05, 4.69) is 65.8 Å². The molecular formula is C18H25N3O. The molecule has 4 nitrogen and oxygen atoms in total. The molecule has 0 amide bonds. The molecule has 1 aliphatic heterocycles. The van der Waals surface area contributed by atoms with Gasteiger partial charge in [-0.2, -0.15) is 5.10 Å². The van der Waals surface area contributed by atoms with Crippen LogP contribution in [0.3, 0.4) is 0 Å². The second kappa shape index (κ2) is 6.63. The summed E-state index contributed by atoms with van der Waals surface area (Å²) < 4.78 is 7.51. The van der Waals surface area contributed by atoms with E-state index in [0.717, 1.165) is 26.3 Å². The number of rotatable bonds is 4. The van der Waals surface area contributed by atoms with Crippen molar-refractivity contribution in [2.75, 3.05) is 26.3 Å². The molecule has 2 heterocycles. The van der Waals surface area contributed by atoms with E-state index in [0.29, 0.717) is 12.1 Å². The van der Waals surface area contributed by atoms with Crippen molar-refractivity contribution in [1.82, 2.24) is 14.7 Å². The van der Waals surface area contributed by atoms with Crippen LogP contribution in [0.25, 0.3) is 11.3 Å². The van der Waals surface area contributed by atoms with Gasteiger partial charge in [-0.3, -0.25) is 9.58 Å². The van der Waals surface area contributed by atoms with Gasteiger partial charge in [0.1, 0.15) is 0 Å². The van der Waals surface area contributed by atoms with Gasteiger partial charge in [-0.25, -0.2) is 0 Å². The van der Waals surface area contributed by atoms with E-state index < -0.39 is 0 Å². The first-order chi connectivity index (χ1) is 10.7. The van der Waals surface area contributed by atoms with E-state index >= 15 is 0 Å². The Kier molecular flexibility index (Phi) is 4.60. The highest BCUT2D eigenvalue weighted by atomic mass is 16.5. The van der Waals surface area contributed by atoms with Crippen LogP contribution in [-0.4, -0.2) is 41.0 Å². The number of aromatic nitrogens is 2. The van der Waals surface area contributed by atoms with Crippen LogP contribution in [0.1, 0.15) is 38.4 Å². The molecule has 0 N–H and O–H groups in total. The van der Waals surface area contributed by atoms with Gasteiger partial charge < -0.3 is 4.74 Å². The zero-order valence-electron chi connectivity index (χ0n) is 13.7. The van der Waals surface area contributed by atoms with E-state index in [9.17, 15) is 0 Å². The van der Waals surface area contributed by atoms with Crippen molar-refractivity contribution in [2.45, 2.75) is 32.9 Å². The van der Waals surface area contributed by atoms with Crippen LogP contribution in [0.4, 0.5) is 0 Å². The maximum Gasteiger partial charge on any atom is 0.0685 e. The molecule has 0 radical (unpaired) electrons. The molecule has 1 fully saturated rings. The van der Waals surface area contributed by atoms with Crippen molar-refractivity contribution in [2.24, 2.45) is 0 Å². The maximum atomic E-state index is 5.44. The summed E-state index contributed by atoms with van der Waals surface area (Å²) in [5.41, 5.74) is 3.77. The lowest BCUT2D eigenvalue weighted by molar-refractivity contribution is 0.0198. The van der Waals surface area contributed by atoms with Crippen LogP contribution < -0.4 is 0 Å². The van der Waals surface area contributed by atoms with Gasteiger partial charge in [0.25, 0.3) is 0 Å². The maximum absolute atomic E-state index is 5.44. The molecule has 0 bridgehead atoms. The molecule has 1 atom stereocenters. The minimum absolute atomic E-state index is 0.372. The molecule has 3 rings (SSSR count). The highest BCUT2D eigenvalue weighted by Crippen LogP contribution is 2.26. The normalized spacial score (nSPS) is 17.8. The first-order valence-electron chi connectivity index (χ1n) is 8.12. The van der Waals surface area contributed by atoms with Crippen molar-refractivity contribution in [3.8, 4) is 11.3 Å². The lowest BCUT2D eigenvalue weighted by atomic mass is 10.0. The van der Waals surface area contributed by atoms with Gasteiger partial charge in [-0.15, -0.1) is 0 Å². The average Bonchev–Trinajstić information content (AvgIpc) is 3.05. The summed E-state index contributed by atoms with van der Waals surface area (Å²) in [5, 5.41) is 4.42. The molecule has 1 saturated heterocycles. The van der Waals surface area contributed by atoms with Crippen LogP contribution in [-0.2, 0) is 4.74 Å². The Morgan fingerprint density at radius 3 is 2.32 bits per heavy atom. The summed E-state index contributed by atoms with van der Waals surface area (Å²) in [7, 11) is 0. The third kappa shape index (κ3) is 3.08. The monoisotopic (exact) mass is 299 g/mol. The lowest BCUT2D eigenvalue weighted by Crippen LogP contribution is -2.37. The van der Waals surface area contributed by atoms with E-state index in [1.807, 2.05) is 6.20 Å². The molecule has 0 saturated carbocycles. The number of nitrogens with zero attached hydrogens (tertiary/aromatic N) is 3. The van der Waals surface area contributed by atoms with Gasteiger partial charge in [0, 0.05) is 31.4 Å². The third-order valence-electron chi connectivity index (χ3n) is 4.44. The lowest BCUT2D eigenvalue weighted by Gasteiger charge is -2.32. The molecule has 2 aromatic rings. The van der Waals surface area contributed by atoms with Crippen molar-refractivity contribution in [3.63, 3.8) is 0 Å². The van der Waals surface area contributed by atoms with E-state index in [1.165, 1.54) is 16.8 Å². The van der Waals surface area contributed by atoms with Gasteiger partial charge in [0.05, 0.1) is 18.9 Å². The van der Waals surface area contributed by atoms with Gasteiger partial charge >= 0.3 is 0 Å². The van der Waals surface area contributed by atoms with Crippen LogP contribution >= 0.6 is 0 Å². The Balaban J connectivity index is 1.78. The molecule has 1 aromatic heterocycles. The van der Waals surface area contributed by atoms with E-state index in [1.54, 1.807) is 0 Å². The molecule has 4 heteroatoms. The summed E-state index contributed by atoms with van der Waals surface area (Å²) in [6, 6.07) is 11.8. The van der Waals surface area contributed by atoms with E-state index in [4.69, 9.17) is 4.74 Å². The molecule has 1 aliphatic rings. The summed E-state index contributed by atoms with van der Waals surface area (Å²) >= 11 is 0. The topological polar surface area (TPSA) is 30.3 Å². The Labute approximate surface area is 132 Å². The van der Waals surface area contributed by atoms with E-state index in [-0.39, 0.29) is 0 Å². The van der Waals surface area contributed by atoms with Crippen LogP contribution in [0, 0.1) is 0 Å². The molecule has 0 unspecified atom stereocenters. The van der Waals surface area contributed by atoms with Gasteiger partial charge in [0.15, 0.2) is 0 Å². The number of benzene rings is 1. The predicted molar refractivity (Wildman–Crippen MR) is 88.9 cm³/mol. The van der Waals surface area contributed by atoms with Crippen LogP contribution in [0.5, 0.6) is 0 Å². The molecule has 0 spiro atoms. The molecule has 1 aromatic carbocycles. The Morgan fingerprint density at radius 1 is 1.00 bits per heavy atom. The Morgan fingerprint density at radius 2 is 1.68 bits per heavy atom. The summed E-state index contributed by atoms with van der Waals surface area (Å²) in [5.74, 6) is 0. The predicted octanol–water partition coefficient (Wildman–Crippen LogP) is 3.52. The minimum Gasteiger partial charge on any atom is -0.379 e. The molecule has 22 heavy (non-hydrogen) atoms. The summed E-state index contributed by atoms with van der Waals surface area (Å²) in [4.78, 5) is 2.48. The molecular weight excluding hydrogens is 274 g/mol. The fourth-order valence-electron chi connectivity index (χ4n) is 3.06. The Bertz CT molecular complexity index is 597. The number of hydrogen-bond acceptors (Lipinski definition) is 3. The standard InChI is InChI=1S/C18H25N3O/c1-14(2)21-18(8-9-19-21)17-6-4-16(5-7-17)15(3)20-10-12-22-13-11-20/h4-9,14-15H,10-13H2,1-3H3/t15-/m0/s1. The average molecular weight is 299 g/mol. The highest BCUT2D eigenvalue weighted by molar-refractivity contribution is 5.59. The second-order valence-corrected chi connectivity index (χ2v) is 6.20. The highest BCUT2D eigenvalue weighted by Gasteiger charge is 2.18. The van der Waals surface area contributed by atoms with Crippen molar-refractivity contribution < 1.29 is 4.74 Å². The quantitative estimate of drug-likeness (QED) is 0.865.